The van der Waals surface area contributed by atoms with Crippen LogP contribution >= 0.6 is 0 Å². The smallest absolute Gasteiger partial charge is 0.534 e. The van der Waals surface area contributed by atoms with Crippen LogP contribution in [0.1, 0.15) is 13.8 Å². The van der Waals surface area contributed by atoms with E-state index in [1.54, 1.807) is 48.7 Å². The van der Waals surface area contributed by atoms with Crippen molar-refractivity contribution in [3.63, 3.8) is 0 Å². The molecule has 0 saturated carbocycles. The highest BCUT2D eigenvalue weighted by atomic mass is 32.2. The average molecular weight is 368 g/mol. The molecule has 8 heteroatoms. The van der Waals surface area contributed by atoms with Gasteiger partial charge in [0.1, 0.15) is 5.60 Å². The lowest BCUT2D eigenvalue weighted by molar-refractivity contribution is 0.173. The summed E-state index contributed by atoms with van der Waals surface area (Å²) in [7, 11) is -4.54. The van der Waals surface area contributed by atoms with Crippen molar-refractivity contribution in [1.82, 2.24) is 8.96 Å². The van der Waals surface area contributed by atoms with Gasteiger partial charge in [-0.2, -0.15) is 0 Å². The van der Waals surface area contributed by atoms with Crippen LogP contribution in [0.5, 0.6) is 0 Å². The van der Waals surface area contributed by atoms with E-state index in [1.807, 2.05) is 13.8 Å². The zero-order valence-corrected chi connectivity index (χ0v) is 15.2. The lowest BCUT2D eigenvalue weighted by Gasteiger charge is -2.15. The van der Waals surface area contributed by atoms with Gasteiger partial charge in [0.15, 0.2) is 5.65 Å². The molecule has 0 unspecified atom stereocenters. The Kier molecular flexibility index (Phi) is 3.71. The molecular formula is C18H17BN2O4S. The molecule has 0 bridgehead atoms. The fourth-order valence-electron chi connectivity index (χ4n) is 2.89. The van der Waals surface area contributed by atoms with Gasteiger partial charge in [0, 0.05) is 23.2 Å². The van der Waals surface area contributed by atoms with Gasteiger partial charge in [-0.25, -0.2) is 17.4 Å². The highest BCUT2D eigenvalue weighted by Gasteiger charge is 2.44. The summed E-state index contributed by atoms with van der Waals surface area (Å²) >= 11 is 0. The minimum absolute atomic E-state index is 0.187. The molecule has 3 aromatic rings. The van der Waals surface area contributed by atoms with Crippen molar-refractivity contribution in [3.8, 4) is 0 Å². The van der Waals surface area contributed by atoms with Gasteiger partial charge in [-0.1, -0.05) is 24.8 Å². The minimum Gasteiger partial charge on any atom is -0.534 e. The first-order valence-electron chi connectivity index (χ1n) is 8.11. The zero-order valence-electron chi connectivity index (χ0n) is 14.4. The Morgan fingerprint density at radius 3 is 2.54 bits per heavy atom. The molecule has 1 saturated heterocycles. The maximum Gasteiger partial charge on any atom is 0.565 e. The van der Waals surface area contributed by atoms with Crippen LogP contribution in [0.3, 0.4) is 0 Å². The van der Waals surface area contributed by atoms with E-state index in [9.17, 15) is 8.42 Å². The number of benzene rings is 1. The summed E-state index contributed by atoms with van der Waals surface area (Å²) in [5.74, 6) is 0.498. The molecule has 0 aliphatic carbocycles. The Bertz CT molecular complexity index is 1110. The summed E-state index contributed by atoms with van der Waals surface area (Å²) < 4.78 is 39.0. The van der Waals surface area contributed by atoms with Gasteiger partial charge in [-0.15, -0.1) is 0 Å². The monoisotopic (exact) mass is 368 g/mol. The maximum atomic E-state index is 13.1. The number of hydrogen-bond acceptors (Lipinski definition) is 5. The van der Waals surface area contributed by atoms with E-state index >= 15 is 0 Å². The molecular weight excluding hydrogens is 351 g/mol. The molecule has 1 aliphatic heterocycles. The van der Waals surface area contributed by atoms with Gasteiger partial charge in [0.25, 0.3) is 10.0 Å². The van der Waals surface area contributed by atoms with Crippen LogP contribution in [-0.2, 0) is 19.3 Å². The average Bonchev–Trinajstić information content (AvgIpc) is 3.14. The Morgan fingerprint density at radius 1 is 1.15 bits per heavy atom. The van der Waals surface area contributed by atoms with Crippen molar-refractivity contribution in [2.75, 3.05) is 0 Å². The van der Waals surface area contributed by atoms with Gasteiger partial charge in [-0.05, 0) is 38.1 Å². The number of pyridine rings is 1. The first-order valence-corrected chi connectivity index (χ1v) is 9.55. The third kappa shape index (κ3) is 2.53. The first-order chi connectivity index (χ1) is 12.3. The maximum absolute atomic E-state index is 13.1. The number of nitrogens with zero attached hydrogens (tertiary/aromatic N) is 2. The zero-order chi connectivity index (χ0) is 18.5. The Hall–Kier alpha value is -2.58. The lowest BCUT2D eigenvalue weighted by atomic mass is 9.79. The van der Waals surface area contributed by atoms with E-state index in [-0.39, 0.29) is 4.90 Å². The van der Waals surface area contributed by atoms with Crippen LogP contribution < -0.4 is 5.46 Å². The van der Waals surface area contributed by atoms with Crippen molar-refractivity contribution in [3.05, 3.63) is 67.2 Å². The molecule has 2 aromatic heterocycles. The Balaban J connectivity index is 1.90. The largest absolute Gasteiger partial charge is 0.565 e. The van der Waals surface area contributed by atoms with Crippen molar-refractivity contribution in [2.24, 2.45) is 0 Å². The standard InChI is InChI=1S/C18H17BN2O4S/c1-13-18(2,3)25-19(24-13)16-12-21(17-15(16)10-7-11-20-17)26(22,23)14-8-5-4-6-9-14/h4-12H,1H2,2-3H3. The summed E-state index contributed by atoms with van der Waals surface area (Å²) in [5.41, 5.74) is 0.271. The van der Waals surface area contributed by atoms with Gasteiger partial charge < -0.3 is 9.31 Å². The van der Waals surface area contributed by atoms with Gasteiger partial charge >= 0.3 is 7.12 Å². The third-order valence-corrected chi connectivity index (χ3v) is 6.10. The van der Waals surface area contributed by atoms with Crippen LogP contribution in [0.4, 0.5) is 0 Å². The highest BCUT2D eigenvalue weighted by molar-refractivity contribution is 7.90. The van der Waals surface area contributed by atoms with Gasteiger partial charge in [0.2, 0.25) is 0 Å². The van der Waals surface area contributed by atoms with Crippen molar-refractivity contribution in [2.45, 2.75) is 24.3 Å². The van der Waals surface area contributed by atoms with Crippen molar-refractivity contribution in [1.29, 1.82) is 0 Å². The van der Waals surface area contributed by atoms with Crippen LogP contribution in [0.15, 0.2) is 72.1 Å². The normalized spacial score (nSPS) is 16.8. The molecule has 132 valence electrons. The number of rotatable bonds is 3. The van der Waals surface area contributed by atoms with E-state index in [2.05, 4.69) is 11.6 Å². The molecule has 1 aromatic carbocycles. The summed E-state index contributed by atoms with van der Waals surface area (Å²) in [4.78, 5) is 4.46. The highest BCUT2D eigenvalue weighted by Crippen LogP contribution is 2.30. The predicted molar refractivity (Wildman–Crippen MR) is 99.5 cm³/mol. The Labute approximate surface area is 152 Å². The molecule has 26 heavy (non-hydrogen) atoms. The molecule has 0 spiro atoms. The Morgan fingerprint density at radius 2 is 1.88 bits per heavy atom. The molecule has 4 rings (SSSR count). The van der Waals surface area contributed by atoms with Gasteiger partial charge in [0.05, 0.1) is 10.7 Å². The van der Waals surface area contributed by atoms with Crippen LogP contribution in [0.25, 0.3) is 11.0 Å². The van der Waals surface area contributed by atoms with E-state index in [0.29, 0.717) is 22.3 Å². The SMILES string of the molecule is C=C1OB(c2cn(S(=O)(=O)c3ccccc3)c3ncccc23)OC1(C)C. The molecule has 0 N–H and O–H groups in total. The molecule has 6 nitrogen and oxygen atoms in total. The predicted octanol–water partition coefficient (Wildman–Crippen LogP) is 2.31. The molecule has 0 amide bonds. The van der Waals surface area contributed by atoms with Crippen molar-refractivity contribution >= 4 is 33.6 Å². The third-order valence-electron chi connectivity index (χ3n) is 4.44. The van der Waals surface area contributed by atoms with E-state index < -0.39 is 22.7 Å². The van der Waals surface area contributed by atoms with Crippen LogP contribution in [-0.4, -0.2) is 30.1 Å². The molecule has 1 aliphatic rings. The lowest BCUT2D eigenvalue weighted by Crippen LogP contribution is -2.34. The van der Waals surface area contributed by atoms with E-state index in [0.717, 1.165) is 0 Å². The molecule has 3 heterocycles. The van der Waals surface area contributed by atoms with Crippen molar-refractivity contribution < 1.29 is 17.7 Å². The second-order valence-electron chi connectivity index (χ2n) is 6.57. The first kappa shape index (κ1) is 16.9. The number of fused-ring (bicyclic) bond motifs is 1. The summed E-state index contributed by atoms with van der Waals surface area (Å²) in [6.45, 7) is 7.59. The molecule has 0 atom stereocenters. The van der Waals surface area contributed by atoms with Crippen LogP contribution in [0, 0.1) is 0 Å². The van der Waals surface area contributed by atoms with E-state index in [1.165, 1.54) is 10.2 Å². The second kappa shape index (κ2) is 5.72. The fourth-order valence-corrected chi connectivity index (χ4v) is 4.24. The summed E-state index contributed by atoms with van der Waals surface area (Å²) in [5, 5.41) is 0.655. The minimum atomic E-state index is -3.80. The quantitative estimate of drug-likeness (QED) is 0.664. The van der Waals surface area contributed by atoms with Gasteiger partial charge in [-0.3, -0.25) is 0 Å². The fraction of sp³-hybridized carbons (Fsp3) is 0.167. The summed E-state index contributed by atoms with van der Waals surface area (Å²) in [6.07, 6.45) is 3.07. The topological polar surface area (TPSA) is 70.4 Å². The van der Waals surface area contributed by atoms with Crippen LogP contribution in [0.2, 0.25) is 0 Å². The number of aromatic nitrogens is 2. The van der Waals surface area contributed by atoms with E-state index in [4.69, 9.17) is 9.31 Å². The number of hydrogen-bond donors (Lipinski definition) is 0. The second-order valence-corrected chi connectivity index (χ2v) is 8.39. The molecule has 1 fully saturated rings. The summed E-state index contributed by atoms with van der Waals surface area (Å²) in [6, 6.07) is 11.8. The molecule has 0 radical (unpaired) electrons.